The maximum Gasteiger partial charge on any atom is 0.330 e. The zero-order valence-corrected chi connectivity index (χ0v) is 3.46. The first-order chi connectivity index (χ1) is 3.43. The minimum Gasteiger partial charge on any atom is -0.312 e. The van der Waals surface area contributed by atoms with Gasteiger partial charge in [-0.25, -0.2) is 4.98 Å². The molecular formula is C3H4N2O2. The topological polar surface area (TPSA) is 58.1 Å². The van der Waals surface area contributed by atoms with Crippen molar-refractivity contribution < 1.29 is 10.1 Å². The summed E-state index contributed by atoms with van der Waals surface area (Å²) < 4.78 is 0. The maximum absolute atomic E-state index is 7.83. The smallest absolute Gasteiger partial charge is 0.312 e. The molecule has 0 aliphatic carbocycles. The van der Waals surface area contributed by atoms with Crippen LogP contribution in [0.2, 0.25) is 0 Å². The number of hydrogen-bond acceptors (Lipinski definition) is 3. The highest BCUT2D eigenvalue weighted by Crippen LogP contribution is 1.93. The Kier molecular flexibility index (Phi) is 0.953. The summed E-state index contributed by atoms with van der Waals surface area (Å²) in [4.78, 5) is 9.70. The van der Waals surface area contributed by atoms with Crippen LogP contribution in [0.1, 0.15) is 0 Å². The summed E-state index contributed by atoms with van der Waals surface area (Å²) in [6.45, 7) is 0. The van der Waals surface area contributed by atoms with Crippen molar-refractivity contribution in [3.63, 3.8) is 0 Å². The van der Waals surface area contributed by atoms with E-state index in [0.29, 0.717) is 0 Å². The average molecular weight is 100 g/mol. The van der Waals surface area contributed by atoms with Crippen LogP contribution in [0.5, 0.6) is 6.01 Å². The van der Waals surface area contributed by atoms with Gasteiger partial charge in [-0.3, -0.25) is 4.89 Å². The average Bonchev–Trinajstić information content (AvgIpc) is 2.14. The molecule has 1 aromatic rings. The summed E-state index contributed by atoms with van der Waals surface area (Å²) >= 11 is 0. The molecule has 0 spiro atoms. The van der Waals surface area contributed by atoms with Gasteiger partial charge in [0.1, 0.15) is 0 Å². The van der Waals surface area contributed by atoms with Crippen molar-refractivity contribution in [2.24, 2.45) is 0 Å². The Hall–Kier alpha value is -1.03. The third kappa shape index (κ3) is 0.690. The van der Waals surface area contributed by atoms with Gasteiger partial charge in [-0.1, -0.05) is 0 Å². The Morgan fingerprint density at radius 1 is 1.86 bits per heavy atom. The van der Waals surface area contributed by atoms with Crippen LogP contribution in [-0.4, -0.2) is 15.2 Å². The lowest BCUT2D eigenvalue weighted by molar-refractivity contribution is -0.145. The largest absolute Gasteiger partial charge is 0.330 e. The Bertz CT molecular complexity index is 125. The molecule has 38 valence electrons. The van der Waals surface area contributed by atoms with Crippen LogP contribution < -0.4 is 4.89 Å². The quantitative estimate of drug-likeness (QED) is 0.393. The predicted molar refractivity (Wildman–Crippen MR) is 21.8 cm³/mol. The third-order valence-electron chi connectivity index (χ3n) is 0.560. The van der Waals surface area contributed by atoms with E-state index in [1.54, 1.807) is 6.20 Å². The normalized spacial score (nSPS) is 8.71. The second-order valence-corrected chi connectivity index (χ2v) is 0.986. The molecule has 7 heavy (non-hydrogen) atoms. The molecule has 0 aliphatic rings. The molecule has 1 aromatic heterocycles. The number of nitrogens with one attached hydrogen (secondary N) is 1. The van der Waals surface area contributed by atoms with Crippen molar-refractivity contribution in [3.05, 3.63) is 12.4 Å². The number of imidazole rings is 1. The number of aromatic amines is 1. The fraction of sp³-hybridized carbons (Fsp3) is 0. The summed E-state index contributed by atoms with van der Waals surface area (Å²) in [6, 6.07) is 0.111. The lowest BCUT2D eigenvalue weighted by atomic mass is 11.0. The van der Waals surface area contributed by atoms with Crippen LogP contribution in [0.15, 0.2) is 12.4 Å². The lowest BCUT2D eigenvalue weighted by Crippen LogP contribution is -1.83. The van der Waals surface area contributed by atoms with Gasteiger partial charge >= 0.3 is 6.01 Å². The van der Waals surface area contributed by atoms with E-state index in [9.17, 15) is 0 Å². The molecule has 0 amide bonds. The van der Waals surface area contributed by atoms with E-state index in [1.165, 1.54) is 6.20 Å². The minimum absolute atomic E-state index is 0.111. The zero-order chi connectivity index (χ0) is 5.11. The van der Waals surface area contributed by atoms with Gasteiger partial charge in [0, 0.05) is 12.4 Å². The molecule has 0 aromatic carbocycles. The summed E-state index contributed by atoms with van der Waals surface area (Å²) in [6.07, 6.45) is 3.02. The Labute approximate surface area is 39.7 Å². The number of hydrogen-bond donors (Lipinski definition) is 2. The monoisotopic (exact) mass is 100 g/mol. The fourth-order valence-electron chi connectivity index (χ4n) is 0.301. The van der Waals surface area contributed by atoms with Crippen LogP contribution >= 0.6 is 0 Å². The standard InChI is InChI=1S/C3H4N2O2/c6-7-3-4-1-2-5-3/h1-2,6H,(H,4,5). The Morgan fingerprint density at radius 2 is 2.71 bits per heavy atom. The van der Waals surface area contributed by atoms with Crippen LogP contribution in [0.4, 0.5) is 0 Å². The van der Waals surface area contributed by atoms with Crippen molar-refractivity contribution in [2.75, 3.05) is 0 Å². The zero-order valence-electron chi connectivity index (χ0n) is 3.46. The molecular weight excluding hydrogens is 96.0 g/mol. The van der Waals surface area contributed by atoms with Crippen molar-refractivity contribution in [2.45, 2.75) is 0 Å². The minimum atomic E-state index is 0.111. The van der Waals surface area contributed by atoms with E-state index in [2.05, 4.69) is 14.9 Å². The second kappa shape index (κ2) is 1.61. The summed E-state index contributed by atoms with van der Waals surface area (Å²) in [7, 11) is 0. The first-order valence-electron chi connectivity index (χ1n) is 1.74. The molecule has 0 atom stereocenters. The number of H-pyrrole nitrogens is 1. The van der Waals surface area contributed by atoms with Crippen molar-refractivity contribution >= 4 is 0 Å². The first kappa shape index (κ1) is 4.14. The van der Waals surface area contributed by atoms with Crippen LogP contribution in [0.3, 0.4) is 0 Å². The Balaban J connectivity index is 2.76. The molecule has 1 heterocycles. The molecule has 0 aliphatic heterocycles. The fourth-order valence-corrected chi connectivity index (χ4v) is 0.301. The molecule has 0 bridgehead atoms. The molecule has 4 heteroatoms. The van der Waals surface area contributed by atoms with Crippen molar-refractivity contribution in [1.29, 1.82) is 0 Å². The number of aromatic nitrogens is 2. The number of nitrogens with zero attached hydrogens (tertiary/aromatic N) is 1. The molecule has 4 nitrogen and oxygen atoms in total. The Morgan fingerprint density at radius 3 is 3.00 bits per heavy atom. The maximum atomic E-state index is 7.83. The van der Waals surface area contributed by atoms with Crippen LogP contribution in [0, 0.1) is 0 Å². The van der Waals surface area contributed by atoms with Gasteiger partial charge in [-0.2, -0.15) is 5.26 Å². The van der Waals surface area contributed by atoms with Gasteiger partial charge < -0.3 is 4.98 Å². The van der Waals surface area contributed by atoms with Crippen LogP contribution in [-0.2, 0) is 0 Å². The van der Waals surface area contributed by atoms with Gasteiger partial charge in [-0.05, 0) is 0 Å². The van der Waals surface area contributed by atoms with E-state index in [-0.39, 0.29) is 6.01 Å². The highest BCUT2D eigenvalue weighted by Gasteiger charge is 1.86. The van der Waals surface area contributed by atoms with Gasteiger partial charge in [0.2, 0.25) is 0 Å². The summed E-state index contributed by atoms with van der Waals surface area (Å²) in [5, 5.41) is 7.83. The molecule has 0 radical (unpaired) electrons. The number of rotatable bonds is 1. The van der Waals surface area contributed by atoms with E-state index >= 15 is 0 Å². The predicted octanol–water partition coefficient (Wildman–Crippen LogP) is 0.261. The molecule has 1 rings (SSSR count). The summed E-state index contributed by atoms with van der Waals surface area (Å²) in [5.41, 5.74) is 0. The van der Waals surface area contributed by atoms with E-state index in [4.69, 9.17) is 5.26 Å². The molecule has 0 saturated heterocycles. The van der Waals surface area contributed by atoms with Gasteiger partial charge in [0.25, 0.3) is 0 Å². The molecule has 0 unspecified atom stereocenters. The van der Waals surface area contributed by atoms with E-state index in [1.807, 2.05) is 0 Å². The van der Waals surface area contributed by atoms with E-state index < -0.39 is 0 Å². The first-order valence-corrected chi connectivity index (χ1v) is 1.74. The van der Waals surface area contributed by atoms with E-state index in [0.717, 1.165) is 0 Å². The van der Waals surface area contributed by atoms with Gasteiger partial charge in [-0.15, -0.1) is 0 Å². The van der Waals surface area contributed by atoms with Crippen molar-refractivity contribution in [1.82, 2.24) is 9.97 Å². The van der Waals surface area contributed by atoms with Crippen molar-refractivity contribution in [3.8, 4) is 6.01 Å². The molecule has 2 N–H and O–H groups in total. The third-order valence-corrected chi connectivity index (χ3v) is 0.560. The van der Waals surface area contributed by atoms with Gasteiger partial charge in [0.05, 0.1) is 0 Å². The lowest BCUT2D eigenvalue weighted by Gasteiger charge is -1.81. The SMILES string of the molecule is OOc1ncc[nH]1. The second-order valence-electron chi connectivity index (χ2n) is 0.986. The highest BCUT2D eigenvalue weighted by atomic mass is 17.1. The molecule has 0 fully saturated rings. The van der Waals surface area contributed by atoms with Gasteiger partial charge in [0.15, 0.2) is 0 Å². The highest BCUT2D eigenvalue weighted by molar-refractivity contribution is 4.90. The summed E-state index contributed by atoms with van der Waals surface area (Å²) in [5.74, 6) is 0. The molecule has 0 saturated carbocycles. The van der Waals surface area contributed by atoms with Crippen LogP contribution in [0.25, 0.3) is 0 Å².